The quantitative estimate of drug-likeness (QED) is 0.403. The molecule has 204 valence electrons. The number of fused-ring (bicyclic) bond motifs is 1. The van der Waals surface area contributed by atoms with Crippen molar-refractivity contribution in [2.75, 3.05) is 43.4 Å². The minimum atomic E-state index is -4.41. The largest absolute Gasteiger partial charge is 0.416 e. The maximum Gasteiger partial charge on any atom is 0.416 e. The SMILES string of the molecule is Cc1c(Nc2ccc(N3CCN(C)CC3)cc2)ncc2c1CC(CCc1ccccc1C(F)(F)F)C(=O)C=C2. The topological polar surface area (TPSA) is 48.5 Å². The van der Waals surface area contributed by atoms with Gasteiger partial charge in [0.15, 0.2) is 5.78 Å². The van der Waals surface area contributed by atoms with E-state index in [1.807, 2.05) is 19.1 Å². The maximum absolute atomic E-state index is 13.5. The van der Waals surface area contributed by atoms with Crippen molar-refractivity contribution in [3.05, 3.63) is 88.6 Å². The number of hydrogen-bond donors (Lipinski definition) is 1. The Morgan fingerprint density at radius 3 is 2.44 bits per heavy atom. The molecule has 1 aliphatic heterocycles. The Hall–Kier alpha value is -3.65. The molecule has 2 heterocycles. The molecule has 1 aliphatic carbocycles. The number of aromatic nitrogens is 1. The summed E-state index contributed by atoms with van der Waals surface area (Å²) in [5.41, 5.74) is 4.51. The van der Waals surface area contributed by atoms with E-state index in [0.717, 1.165) is 54.6 Å². The van der Waals surface area contributed by atoms with E-state index in [-0.39, 0.29) is 17.8 Å². The van der Waals surface area contributed by atoms with Gasteiger partial charge in [-0.15, -0.1) is 0 Å². The third-order valence-corrected chi connectivity index (χ3v) is 7.85. The number of allylic oxidation sites excluding steroid dienone is 1. The van der Waals surface area contributed by atoms with Crippen molar-refractivity contribution >= 4 is 29.1 Å². The minimum absolute atomic E-state index is 0.0657. The summed E-state index contributed by atoms with van der Waals surface area (Å²) in [6, 6.07) is 13.9. The molecule has 0 amide bonds. The summed E-state index contributed by atoms with van der Waals surface area (Å²) >= 11 is 0. The molecule has 1 fully saturated rings. The lowest BCUT2D eigenvalue weighted by molar-refractivity contribution is -0.138. The number of halogens is 3. The molecular weight excluding hydrogens is 501 g/mol. The van der Waals surface area contributed by atoms with Gasteiger partial charge in [0.05, 0.1) is 5.56 Å². The predicted octanol–water partition coefficient (Wildman–Crippen LogP) is 6.29. The summed E-state index contributed by atoms with van der Waals surface area (Å²) in [5.74, 6) is 0.245. The van der Waals surface area contributed by atoms with Gasteiger partial charge in [0, 0.05) is 49.7 Å². The van der Waals surface area contributed by atoms with Gasteiger partial charge in [0.25, 0.3) is 0 Å². The van der Waals surface area contributed by atoms with E-state index in [4.69, 9.17) is 0 Å². The molecule has 0 saturated carbocycles. The molecule has 2 aliphatic rings. The number of alkyl halides is 3. The van der Waals surface area contributed by atoms with Gasteiger partial charge < -0.3 is 15.1 Å². The van der Waals surface area contributed by atoms with Gasteiger partial charge in [-0.1, -0.05) is 18.2 Å². The van der Waals surface area contributed by atoms with Crippen LogP contribution in [-0.4, -0.2) is 48.9 Å². The van der Waals surface area contributed by atoms with E-state index in [1.54, 1.807) is 18.3 Å². The minimum Gasteiger partial charge on any atom is -0.369 e. The van der Waals surface area contributed by atoms with E-state index >= 15 is 0 Å². The number of nitrogens with one attached hydrogen (secondary N) is 1. The Balaban J connectivity index is 1.31. The third-order valence-electron chi connectivity index (χ3n) is 7.85. The molecule has 5 rings (SSSR count). The van der Waals surface area contributed by atoms with Crippen LogP contribution in [0.4, 0.5) is 30.4 Å². The molecule has 0 radical (unpaired) electrons. The fourth-order valence-corrected chi connectivity index (χ4v) is 5.41. The number of anilines is 3. The average Bonchev–Trinajstić information content (AvgIpc) is 3.08. The zero-order valence-electron chi connectivity index (χ0n) is 22.3. The number of pyridine rings is 1. The summed E-state index contributed by atoms with van der Waals surface area (Å²) in [6.07, 6.45) is 1.64. The molecule has 5 nitrogen and oxygen atoms in total. The highest BCUT2D eigenvalue weighted by Gasteiger charge is 2.33. The summed E-state index contributed by atoms with van der Waals surface area (Å²) in [7, 11) is 2.14. The van der Waals surface area contributed by atoms with Crippen molar-refractivity contribution in [1.29, 1.82) is 0 Å². The number of piperazine rings is 1. The molecule has 0 bridgehead atoms. The highest BCUT2D eigenvalue weighted by molar-refractivity contribution is 5.97. The number of rotatable bonds is 6. The van der Waals surface area contributed by atoms with Crippen LogP contribution in [0.15, 0.2) is 60.8 Å². The van der Waals surface area contributed by atoms with Crippen molar-refractivity contribution in [3.63, 3.8) is 0 Å². The normalized spacial score (nSPS) is 18.1. The number of carbonyl (C=O) groups is 1. The number of hydrogen-bond acceptors (Lipinski definition) is 5. The Bertz CT molecular complexity index is 1360. The molecule has 1 N–H and O–H groups in total. The molecule has 1 unspecified atom stereocenters. The summed E-state index contributed by atoms with van der Waals surface area (Å²) in [5, 5.41) is 3.42. The third kappa shape index (κ3) is 6.17. The fraction of sp³-hybridized carbons (Fsp3) is 0.355. The van der Waals surface area contributed by atoms with E-state index in [2.05, 4.69) is 39.3 Å². The van der Waals surface area contributed by atoms with E-state index < -0.39 is 17.7 Å². The highest BCUT2D eigenvalue weighted by Crippen LogP contribution is 2.34. The molecular formula is C31H33F3N4O. The number of ketones is 1. The number of benzene rings is 2. The van der Waals surface area contributed by atoms with Gasteiger partial charge in [-0.25, -0.2) is 4.98 Å². The second kappa shape index (κ2) is 11.2. The first kappa shape index (κ1) is 26.9. The lowest BCUT2D eigenvalue weighted by Gasteiger charge is -2.34. The van der Waals surface area contributed by atoms with E-state index in [9.17, 15) is 18.0 Å². The average molecular weight is 535 g/mol. The molecule has 8 heteroatoms. The van der Waals surface area contributed by atoms with Crippen LogP contribution in [0.2, 0.25) is 0 Å². The van der Waals surface area contributed by atoms with Crippen LogP contribution in [0.1, 0.15) is 34.2 Å². The van der Waals surface area contributed by atoms with Crippen molar-refractivity contribution in [1.82, 2.24) is 9.88 Å². The Morgan fingerprint density at radius 1 is 1.00 bits per heavy atom. The Morgan fingerprint density at radius 2 is 1.72 bits per heavy atom. The zero-order chi connectivity index (χ0) is 27.6. The standard InChI is InChI=1S/C31H33F3N4O/c1-21-27-19-23(8-7-22-5-3-4-6-28(22)31(32,33)34)29(39)14-9-24(27)20-35-30(21)36-25-10-12-26(13-11-25)38-17-15-37(2)16-18-38/h3-6,9-14,20,23H,7-8,15-19H2,1-2H3,(H,35,36). The molecule has 3 aromatic rings. The monoisotopic (exact) mass is 534 g/mol. The first-order chi connectivity index (χ1) is 18.7. The van der Waals surface area contributed by atoms with E-state index in [0.29, 0.717) is 18.7 Å². The molecule has 0 spiro atoms. The molecule has 1 aromatic heterocycles. The van der Waals surface area contributed by atoms with Crippen LogP contribution in [-0.2, 0) is 23.8 Å². The second-order valence-electron chi connectivity index (χ2n) is 10.5. The van der Waals surface area contributed by atoms with Gasteiger partial charge in [0.2, 0.25) is 0 Å². The summed E-state index contributed by atoms with van der Waals surface area (Å²) in [4.78, 5) is 22.2. The fourth-order valence-electron chi connectivity index (χ4n) is 5.41. The van der Waals surface area contributed by atoms with Gasteiger partial charge in [-0.05, 0) is 98.0 Å². The van der Waals surface area contributed by atoms with Crippen molar-refractivity contribution in [2.24, 2.45) is 5.92 Å². The van der Waals surface area contributed by atoms with Gasteiger partial charge >= 0.3 is 6.18 Å². The van der Waals surface area contributed by atoms with E-state index in [1.165, 1.54) is 23.9 Å². The first-order valence-corrected chi connectivity index (χ1v) is 13.3. The first-order valence-electron chi connectivity index (χ1n) is 13.3. The van der Waals surface area contributed by atoms with Crippen LogP contribution in [0.25, 0.3) is 6.08 Å². The maximum atomic E-state index is 13.5. The van der Waals surface area contributed by atoms with Crippen LogP contribution in [0, 0.1) is 12.8 Å². The van der Waals surface area contributed by atoms with Crippen LogP contribution < -0.4 is 10.2 Å². The zero-order valence-corrected chi connectivity index (χ0v) is 22.3. The Kier molecular flexibility index (Phi) is 7.75. The smallest absolute Gasteiger partial charge is 0.369 e. The lowest BCUT2D eigenvalue weighted by atomic mass is 9.88. The van der Waals surface area contributed by atoms with Crippen molar-refractivity contribution in [3.8, 4) is 0 Å². The van der Waals surface area contributed by atoms with Gasteiger partial charge in [-0.3, -0.25) is 4.79 Å². The highest BCUT2D eigenvalue weighted by atomic mass is 19.4. The van der Waals surface area contributed by atoms with Crippen molar-refractivity contribution in [2.45, 2.75) is 32.4 Å². The van der Waals surface area contributed by atoms with Crippen molar-refractivity contribution < 1.29 is 18.0 Å². The predicted molar refractivity (Wildman–Crippen MR) is 149 cm³/mol. The lowest BCUT2D eigenvalue weighted by Crippen LogP contribution is -2.44. The number of carbonyl (C=O) groups excluding carboxylic acids is 1. The molecule has 1 atom stereocenters. The molecule has 39 heavy (non-hydrogen) atoms. The number of likely N-dealkylation sites (N-methyl/N-ethyl adjacent to an activating group) is 1. The second-order valence-corrected chi connectivity index (χ2v) is 10.5. The number of aryl methyl sites for hydroxylation is 1. The Labute approximate surface area is 227 Å². The summed E-state index contributed by atoms with van der Waals surface area (Å²) in [6.45, 7) is 6.08. The molecule has 1 saturated heterocycles. The van der Waals surface area contributed by atoms with Gasteiger partial charge in [-0.2, -0.15) is 13.2 Å². The summed E-state index contributed by atoms with van der Waals surface area (Å²) < 4.78 is 40.4. The van der Waals surface area contributed by atoms with Gasteiger partial charge in [0.1, 0.15) is 5.82 Å². The van der Waals surface area contributed by atoms with Crippen LogP contribution in [0.5, 0.6) is 0 Å². The van der Waals surface area contributed by atoms with Crippen LogP contribution in [0.3, 0.4) is 0 Å². The number of nitrogens with zero attached hydrogens (tertiary/aromatic N) is 3. The van der Waals surface area contributed by atoms with Crippen LogP contribution >= 0.6 is 0 Å². The molecule has 2 aromatic carbocycles.